The van der Waals surface area contributed by atoms with Crippen molar-refractivity contribution in [2.75, 3.05) is 13.1 Å². The van der Waals surface area contributed by atoms with E-state index in [9.17, 15) is 13.2 Å². The lowest BCUT2D eigenvalue weighted by molar-refractivity contribution is -0.150. The molecular weight excluding hydrogens is 193 g/mol. The molecule has 0 unspecified atom stereocenters. The summed E-state index contributed by atoms with van der Waals surface area (Å²) in [6, 6.07) is -0.113. The number of rotatable bonds is 4. The Labute approximate surface area is 82.2 Å². The summed E-state index contributed by atoms with van der Waals surface area (Å²) in [5.41, 5.74) is 5.44. The summed E-state index contributed by atoms with van der Waals surface area (Å²) in [5, 5.41) is 0. The standard InChI is InChI=1S/C9H17F3N2/c1-7(2)14(6-9(10,11)12)5-8(13)3-4-8/h7H,3-6,13H2,1-2H3. The third-order valence-electron chi connectivity index (χ3n) is 2.52. The molecule has 2 nitrogen and oxygen atoms in total. The fourth-order valence-corrected chi connectivity index (χ4v) is 1.37. The Bertz CT molecular complexity index is 189. The smallest absolute Gasteiger partial charge is 0.324 e. The molecule has 0 bridgehead atoms. The highest BCUT2D eigenvalue weighted by Gasteiger charge is 2.42. The Kier molecular flexibility index (Phi) is 3.11. The van der Waals surface area contributed by atoms with Gasteiger partial charge in [-0.05, 0) is 26.7 Å². The van der Waals surface area contributed by atoms with Crippen LogP contribution in [0.25, 0.3) is 0 Å². The van der Waals surface area contributed by atoms with Crippen LogP contribution in [0.2, 0.25) is 0 Å². The predicted octanol–water partition coefficient (Wildman–Crippen LogP) is 1.75. The molecule has 0 aromatic heterocycles. The molecule has 0 radical (unpaired) electrons. The Balaban J connectivity index is 2.47. The minimum atomic E-state index is -4.13. The number of hydrogen-bond donors (Lipinski definition) is 1. The van der Waals surface area contributed by atoms with Gasteiger partial charge >= 0.3 is 6.18 Å². The molecule has 0 aromatic rings. The van der Waals surface area contributed by atoms with Gasteiger partial charge in [-0.25, -0.2) is 0 Å². The third-order valence-corrected chi connectivity index (χ3v) is 2.52. The van der Waals surface area contributed by atoms with Gasteiger partial charge < -0.3 is 5.73 Å². The summed E-state index contributed by atoms with van der Waals surface area (Å²) in [7, 11) is 0. The first-order valence-electron chi connectivity index (χ1n) is 4.82. The van der Waals surface area contributed by atoms with E-state index in [1.807, 2.05) is 0 Å². The quantitative estimate of drug-likeness (QED) is 0.766. The molecule has 14 heavy (non-hydrogen) atoms. The summed E-state index contributed by atoms with van der Waals surface area (Å²) in [5.74, 6) is 0. The van der Waals surface area contributed by atoms with Crippen LogP contribution in [0.4, 0.5) is 13.2 Å². The topological polar surface area (TPSA) is 29.3 Å². The second-order valence-electron chi connectivity index (χ2n) is 4.48. The van der Waals surface area contributed by atoms with Gasteiger partial charge in [0.1, 0.15) is 0 Å². The van der Waals surface area contributed by atoms with Gasteiger partial charge in [0.2, 0.25) is 0 Å². The lowest BCUT2D eigenvalue weighted by Gasteiger charge is -2.29. The van der Waals surface area contributed by atoms with Crippen molar-refractivity contribution in [3.05, 3.63) is 0 Å². The zero-order valence-electron chi connectivity index (χ0n) is 8.56. The van der Waals surface area contributed by atoms with E-state index in [0.717, 1.165) is 12.8 Å². The van der Waals surface area contributed by atoms with Gasteiger partial charge in [0, 0.05) is 18.1 Å². The Morgan fingerprint density at radius 3 is 2.14 bits per heavy atom. The zero-order chi connectivity index (χ0) is 11.0. The molecule has 0 spiro atoms. The maximum Gasteiger partial charge on any atom is 0.401 e. The molecule has 84 valence electrons. The molecule has 0 atom stereocenters. The van der Waals surface area contributed by atoms with Crippen LogP contribution in [0.1, 0.15) is 26.7 Å². The van der Waals surface area contributed by atoms with Crippen molar-refractivity contribution in [3.8, 4) is 0 Å². The number of alkyl halides is 3. The molecule has 1 fully saturated rings. The van der Waals surface area contributed by atoms with E-state index in [1.165, 1.54) is 4.90 Å². The highest BCUT2D eigenvalue weighted by molar-refractivity contribution is 5.01. The van der Waals surface area contributed by atoms with Crippen molar-refractivity contribution in [2.45, 2.75) is 44.4 Å². The monoisotopic (exact) mass is 210 g/mol. The largest absolute Gasteiger partial charge is 0.401 e. The SMILES string of the molecule is CC(C)N(CC(F)(F)F)CC1(N)CC1. The Morgan fingerprint density at radius 2 is 1.86 bits per heavy atom. The normalized spacial score (nSPS) is 20.6. The number of nitrogens with zero attached hydrogens (tertiary/aromatic N) is 1. The van der Waals surface area contributed by atoms with Crippen LogP contribution < -0.4 is 5.73 Å². The molecule has 0 aromatic carbocycles. The molecule has 2 N–H and O–H groups in total. The number of hydrogen-bond acceptors (Lipinski definition) is 2. The second-order valence-corrected chi connectivity index (χ2v) is 4.48. The maximum absolute atomic E-state index is 12.2. The van der Waals surface area contributed by atoms with E-state index < -0.39 is 12.7 Å². The highest BCUT2D eigenvalue weighted by atomic mass is 19.4. The Hall–Kier alpha value is -0.290. The zero-order valence-corrected chi connectivity index (χ0v) is 8.56. The fraction of sp³-hybridized carbons (Fsp3) is 1.00. The van der Waals surface area contributed by atoms with E-state index in [0.29, 0.717) is 6.54 Å². The van der Waals surface area contributed by atoms with Gasteiger partial charge in [-0.1, -0.05) is 0 Å². The van der Waals surface area contributed by atoms with Crippen LogP contribution in [0, 0.1) is 0 Å². The van der Waals surface area contributed by atoms with E-state index in [4.69, 9.17) is 5.73 Å². The van der Waals surface area contributed by atoms with Crippen LogP contribution in [-0.4, -0.2) is 35.7 Å². The average molecular weight is 210 g/mol. The molecule has 0 heterocycles. The first-order chi connectivity index (χ1) is 6.22. The molecule has 1 aliphatic carbocycles. The fourth-order valence-electron chi connectivity index (χ4n) is 1.37. The van der Waals surface area contributed by atoms with Crippen LogP contribution in [0.15, 0.2) is 0 Å². The molecular formula is C9H17F3N2. The first kappa shape index (κ1) is 11.8. The summed E-state index contributed by atoms with van der Waals surface area (Å²) < 4.78 is 36.5. The van der Waals surface area contributed by atoms with Gasteiger partial charge in [-0.3, -0.25) is 4.90 Å². The molecule has 0 amide bonds. The van der Waals surface area contributed by atoms with E-state index in [1.54, 1.807) is 13.8 Å². The van der Waals surface area contributed by atoms with Crippen molar-refractivity contribution in [3.63, 3.8) is 0 Å². The van der Waals surface area contributed by atoms with Crippen LogP contribution in [0.5, 0.6) is 0 Å². The van der Waals surface area contributed by atoms with Crippen LogP contribution in [-0.2, 0) is 0 Å². The summed E-state index contributed by atoms with van der Waals surface area (Å²) in [4.78, 5) is 1.40. The van der Waals surface area contributed by atoms with Crippen molar-refractivity contribution in [1.82, 2.24) is 4.90 Å². The summed E-state index contributed by atoms with van der Waals surface area (Å²) >= 11 is 0. The third kappa shape index (κ3) is 3.84. The van der Waals surface area contributed by atoms with Crippen molar-refractivity contribution < 1.29 is 13.2 Å². The van der Waals surface area contributed by atoms with Gasteiger partial charge in [0.05, 0.1) is 6.54 Å². The summed E-state index contributed by atoms with van der Waals surface area (Å²) in [6.07, 6.45) is -2.45. The Morgan fingerprint density at radius 1 is 1.36 bits per heavy atom. The summed E-state index contributed by atoms with van der Waals surface area (Å²) in [6.45, 7) is 3.02. The van der Waals surface area contributed by atoms with E-state index in [-0.39, 0.29) is 11.6 Å². The highest BCUT2D eigenvalue weighted by Crippen LogP contribution is 2.34. The predicted molar refractivity (Wildman–Crippen MR) is 48.9 cm³/mol. The van der Waals surface area contributed by atoms with Gasteiger partial charge in [-0.2, -0.15) is 13.2 Å². The van der Waals surface area contributed by atoms with Crippen LogP contribution in [0.3, 0.4) is 0 Å². The minimum Gasteiger partial charge on any atom is -0.324 e. The minimum absolute atomic E-state index is 0.113. The van der Waals surface area contributed by atoms with Crippen molar-refractivity contribution in [1.29, 1.82) is 0 Å². The van der Waals surface area contributed by atoms with Gasteiger partial charge in [0.15, 0.2) is 0 Å². The molecule has 5 heteroatoms. The first-order valence-corrected chi connectivity index (χ1v) is 4.82. The molecule has 0 saturated heterocycles. The van der Waals surface area contributed by atoms with Crippen molar-refractivity contribution >= 4 is 0 Å². The van der Waals surface area contributed by atoms with E-state index in [2.05, 4.69) is 0 Å². The average Bonchev–Trinajstić information content (AvgIpc) is 2.63. The maximum atomic E-state index is 12.2. The van der Waals surface area contributed by atoms with Crippen molar-refractivity contribution in [2.24, 2.45) is 5.73 Å². The lowest BCUT2D eigenvalue weighted by Crippen LogP contribution is -2.46. The second kappa shape index (κ2) is 3.70. The number of halogens is 3. The lowest BCUT2D eigenvalue weighted by atomic mass is 10.2. The van der Waals surface area contributed by atoms with E-state index >= 15 is 0 Å². The van der Waals surface area contributed by atoms with Gasteiger partial charge in [-0.15, -0.1) is 0 Å². The molecule has 0 aliphatic heterocycles. The van der Waals surface area contributed by atoms with Gasteiger partial charge in [0.25, 0.3) is 0 Å². The van der Waals surface area contributed by atoms with Crippen LogP contribution >= 0.6 is 0 Å². The molecule has 1 aliphatic rings. The molecule has 1 rings (SSSR count). The number of nitrogens with two attached hydrogens (primary N) is 1. The molecule has 1 saturated carbocycles.